The van der Waals surface area contributed by atoms with Crippen LogP contribution in [0.25, 0.3) is 0 Å². The zero-order chi connectivity index (χ0) is 20.1. The summed E-state index contributed by atoms with van der Waals surface area (Å²) < 4.78 is 5.59. The lowest BCUT2D eigenvalue weighted by Crippen LogP contribution is -2.74. The Morgan fingerprint density at radius 3 is 2.38 bits per heavy atom. The van der Waals surface area contributed by atoms with Crippen LogP contribution in [0.2, 0.25) is 25.7 Å². The van der Waals surface area contributed by atoms with Gasteiger partial charge in [-0.15, -0.1) is 0 Å². The lowest BCUT2D eigenvalue weighted by molar-refractivity contribution is -0.313. The molecule has 2 rings (SSSR count). The maximum Gasteiger partial charge on any atom is 0.331 e. The van der Waals surface area contributed by atoms with Crippen molar-refractivity contribution in [3.63, 3.8) is 0 Å². The van der Waals surface area contributed by atoms with E-state index in [0.717, 1.165) is 18.9 Å². The first-order valence-electron chi connectivity index (χ1n) is 10.1. The van der Waals surface area contributed by atoms with E-state index in [0.29, 0.717) is 17.8 Å². The van der Waals surface area contributed by atoms with Gasteiger partial charge in [0.2, 0.25) is 0 Å². The molecule has 6 atom stereocenters. The van der Waals surface area contributed by atoms with Crippen molar-refractivity contribution in [3.8, 4) is 0 Å². The summed E-state index contributed by atoms with van der Waals surface area (Å²) >= 11 is 0. The lowest BCUT2D eigenvalue weighted by Gasteiger charge is -2.74. The summed E-state index contributed by atoms with van der Waals surface area (Å²) in [6.45, 7) is 18.9. The Balaban J connectivity index is 1.99. The Morgan fingerprint density at radius 1 is 1.35 bits per heavy atom. The molecule has 0 aromatic rings. The van der Waals surface area contributed by atoms with Gasteiger partial charge in [0, 0.05) is 14.3 Å². The largest absolute Gasteiger partial charge is 0.458 e. The number of esters is 1. The van der Waals surface area contributed by atoms with Gasteiger partial charge in [0.15, 0.2) is 0 Å². The number of hydrogen-bond donors (Lipinski definition) is 1. The Bertz CT molecular complexity index is 563. The fourth-order valence-electron chi connectivity index (χ4n) is 5.09. The van der Waals surface area contributed by atoms with Crippen LogP contribution in [-0.4, -0.2) is 42.6 Å². The lowest BCUT2D eigenvalue weighted by atomic mass is 9.32. The van der Waals surface area contributed by atoms with E-state index in [1.54, 1.807) is 0 Å². The van der Waals surface area contributed by atoms with E-state index in [4.69, 9.17) is 4.74 Å². The number of aliphatic imine (C=N–C) groups is 1. The van der Waals surface area contributed by atoms with Gasteiger partial charge in [0.25, 0.3) is 0 Å². The highest BCUT2D eigenvalue weighted by Crippen LogP contribution is 2.72. The van der Waals surface area contributed by atoms with Crippen LogP contribution in [0.4, 0.5) is 0 Å². The average Bonchev–Trinajstić information content (AvgIpc) is 2.43. The van der Waals surface area contributed by atoms with Crippen LogP contribution < -0.4 is 0 Å². The van der Waals surface area contributed by atoms with Crippen molar-refractivity contribution < 1.29 is 14.6 Å². The minimum atomic E-state index is -1.44. The van der Waals surface area contributed by atoms with Gasteiger partial charge in [0.05, 0.1) is 5.60 Å². The maximum atomic E-state index is 12.6. The predicted molar refractivity (Wildman–Crippen MR) is 110 cm³/mol. The third-order valence-corrected chi connectivity index (χ3v) is 8.44. The van der Waals surface area contributed by atoms with Crippen LogP contribution in [-0.2, 0) is 9.53 Å². The molecule has 0 bridgehead atoms. The van der Waals surface area contributed by atoms with Crippen LogP contribution in [0.3, 0.4) is 0 Å². The molecular formula is C21H39NO3Si. The smallest absolute Gasteiger partial charge is 0.331 e. The normalized spacial score (nSPS) is 38.3. The number of carbonyl (C=O) groups is 1. The Kier molecular flexibility index (Phi) is 5.60. The number of rotatable bonds is 6. The average molecular weight is 382 g/mol. The minimum absolute atomic E-state index is 0.200. The van der Waals surface area contributed by atoms with Gasteiger partial charge in [-0.1, -0.05) is 33.5 Å². The highest BCUT2D eigenvalue weighted by atomic mass is 28.3. The van der Waals surface area contributed by atoms with Crippen molar-refractivity contribution in [2.45, 2.75) is 97.3 Å². The van der Waals surface area contributed by atoms with Gasteiger partial charge >= 0.3 is 5.97 Å². The number of fused-ring (bicyclic) bond motifs is 1. The standard InChI is InChI=1S/C21H39NO3Si/c1-14-20(5)15(12-17(20)21(14,6)24)10-11-22-16(13-26(7,8)9)18(23)25-19(2,3)4/h11,14-17,24H,10,12-13H2,1-9H3/t14?,15?,16-,17?,20?,21-/m0/s1. The van der Waals surface area contributed by atoms with Crippen molar-refractivity contribution >= 4 is 20.3 Å². The summed E-state index contributed by atoms with van der Waals surface area (Å²) in [5, 5.41) is 10.5. The number of hydrogen-bond acceptors (Lipinski definition) is 4. The second kappa shape index (κ2) is 6.73. The summed E-state index contributed by atoms with van der Waals surface area (Å²) in [7, 11) is -1.44. The SMILES string of the molecule is CC1C2(C)C(CC=N[C@@H](C[Si](C)(C)C)C(=O)OC(C)(C)C)CC2[C@@]1(C)O. The zero-order valence-corrected chi connectivity index (χ0v) is 19.2. The van der Waals surface area contributed by atoms with Crippen molar-refractivity contribution in [1.82, 2.24) is 0 Å². The topological polar surface area (TPSA) is 58.9 Å². The summed E-state index contributed by atoms with van der Waals surface area (Å²) in [5.41, 5.74) is -0.777. The second-order valence-corrected chi connectivity index (χ2v) is 16.7. The minimum Gasteiger partial charge on any atom is -0.458 e. The Morgan fingerprint density at radius 2 is 1.92 bits per heavy atom. The fourth-order valence-corrected chi connectivity index (χ4v) is 6.52. The quantitative estimate of drug-likeness (QED) is 0.417. The third kappa shape index (κ3) is 4.09. The van der Waals surface area contributed by atoms with E-state index in [9.17, 15) is 9.90 Å². The number of carbonyl (C=O) groups excluding carboxylic acids is 1. The molecule has 150 valence electrons. The van der Waals surface area contributed by atoms with E-state index in [-0.39, 0.29) is 17.4 Å². The Hall–Kier alpha value is -0.683. The third-order valence-electron chi connectivity index (χ3n) is 6.83. The molecule has 0 aromatic carbocycles. The molecule has 2 aliphatic rings. The first-order valence-corrected chi connectivity index (χ1v) is 13.8. The highest BCUT2D eigenvalue weighted by Gasteiger charge is 2.72. The van der Waals surface area contributed by atoms with Crippen LogP contribution in [0.5, 0.6) is 0 Å². The molecular weight excluding hydrogens is 342 g/mol. The van der Waals surface area contributed by atoms with Crippen molar-refractivity contribution in [1.29, 1.82) is 0 Å². The summed E-state index contributed by atoms with van der Waals surface area (Å²) in [6, 6.07) is 0.431. The van der Waals surface area contributed by atoms with Gasteiger partial charge in [-0.25, -0.2) is 4.79 Å². The molecule has 0 aromatic heterocycles. The molecule has 4 unspecified atom stereocenters. The maximum absolute atomic E-state index is 12.6. The molecule has 0 amide bonds. The van der Waals surface area contributed by atoms with Crippen molar-refractivity contribution in [3.05, 3.63) is 0 Å². The molecule has 0 saturated heterocycles. The molecule has 4 nitrogen and oxygen atoms in total. The van der Waals surface area contributed by atoms with Gasteiger partial charge < -0.3 is 9.84 Å². The summed E-state index contributed by atoms with van der Waals surface area (Å²) in [4.78, 5) is 17.2. The molecule has 26 heavy (non-hydrogen) atoms. The number of nitrogens with zero attached hydrogens (tertiary/aromatic N) is 1. The van der Waals surface area contributed by atoms with Crippen LogP contribution >= 0.6 is 0 Å². The molecule has 5 heteroatoms. The molecule has 2 aliphatic carbocycles. The van der Waals surface area contributed by atoms with E-state index in [1.807, 2.05) is 33.9 Å². The Labute approximate surface area is 160 Å². The first-order chi connectivity index (χ1) is 11.6. The van der Waals surface area contributed by atoms with E-state index >= 15 is 0 Å². The summed E-state index contributed by atoms with van der Waals surface area (Å²) in [6.07, 6.45) is 3.91. The van der Waals surface area contributed by atoms with Gasteiger partial charge in [-0.2, -0.15) is 0 Å². The van der Waals surface area contributed by atoms with Crippen molar-refractivity contribution in [2.75, 3.05) is 0 Å². The molecule has 2 fully saturated rings. The molecule has 0 heterocycles. The predicted octanol–water partition coefficient (Wildman–Crippen LogP) is 4.54. The number of ether oxygens (including phenoxy) is 1. The number of aliphatic hydroxyl groups is 1. The monoisotopic (exact) mass is 381 g/mol. The zero-order valence-electron chi connectivity index (χ0n) is 18.2. The van der Waals surface area contributed by atoms with E-state index in [1.165, 1.54) is 0 Å². The van der Waals surface area contributed by atoms with Gasteiger partial charge in [-0.3, -0.25) is 4.99 Å². The van der Waals surface area contributed by atoms with Crippen LogP contribution in [0.15, 0.2) is 4.99 Å². The molecule has 2 saturated carbocycles. The molecule has 0 radical (unpaired) electrons. The molecule has 0 aliphatic heterocycles. The van der Waals surface area contributed by atoms with Crippen LogP contribution in [0, 0.1) is 23.2 Å². The van der Waals surface area contributed by atoms with Gasteiger partial charge in [0.1, 0.15) is 11.6 Å². The first kappa shape index (κ1) is 21.6. The van der Waals surface area contributed by atoms with E-state index in [2.05, 4.69) is 38.5 Å². The highest BCUT2D eigenvalue weighted by molar-refractivity contribution is 6.76. The van der Waals surface area contributed by atoms with E-state index < -0.39 is 19.3 Å². The fraction of sp³-hybridized carbons (Fsp3) is 0.905. The second-order valence-electron chi connectivity index (χ2n) is 11.2. The molecule has 1 N–H and O–H groups in total. The molecule has 0 spiro atoms. The van der Waals surface area contributed by atoms with Crippen molar-refractivity contribution in [2.24, 2.45) is 28.2 Å². The van der Waals surface area contributed by atoms with Crippen LogP contribution in [0.1, 0.15) is 54.4 Å². The summed E-state index contributed by atoms with van der Waals surface area (Å²) in [5.74, 6) is 1.08. The van der Waals surface area contributed by atoms with Gasteiger partial charge in [-0.05, 0) is 69.7 Å².